The monoisotopic (exact) mass is 424 g/mol. The molecule has 0 bridgehead atoms. The summed E-state index contributed by atoms with van der Waals surface area (Å²) >= 11 is 0. The van der Waals surface area contributed by atoms with Gasteiger partial charge in [-0.2, -0.15) is 0 Å². The molecule has 1 N–H and O–H groups in total. The molecule has 1 amide bonds. The topological polar surface area (TPSA) is 73.8 Å². The Balaban J connectivity index is 1.31. The zero-order valence-electron chi connectivity index (χ0n) is 18.5. The van der Waals surface area contributed by atoms with Gasteiger partial charge in [-0.1, -0.05) is 12.1 Å². The number of rotatable bonds is 6. The molecule has 3 heterocycles. The molecule has 8 heteroatoms. The van der Waals surface area contributed by atoms with Gasteiger partial charge in [-0.05, 0) is 37.6 Å². The number of nitrogens with one attached hydrogen (secondary N) is 1. The average molecular weight is 425 g/mol. The van der Waals surface area contributed by atoms with Crippen molar-refractivity contribution in [3.8, 4) is 5.75 Å². The second-order valence-electron chi connectivity index (χ2n) is 8.35. The number of methoxy groups -OCH3 is 1. The van der Waals surface area contributed by atoms with Crippen molar-refractivity contribution in [2.45, 2.75) is 19.4 Å². The number of carbonyl (C=O) groups excluding carboxylic acids is 1. The third-order valence-electron chi connectivity index (χ3n) is 6.31. The van der Waals surface area contributed by atoms with Crippen molar-refractivity contribution in [2.75, 3.05) is 63.2 Å². The van der Waals surface area contributed by atoms with Crippen LogP contribution in [-0.2, 0) is 11.3 Å². The number of aromatic nitrogens is 2. The van der Waals surface area contributed by atoms with Crippen molar-refractivity contribution in [3.05, 3.63) is 42.4 Å². The van der Waals surface area contributed by atoms with Crippen LogP contribution in [0.5, 0.6) is 5.75 Å². The van der Waals surface area contributed by atoms with Crippen molar-refractivity contribution in [1.29, 1.82) is 0 Å². The molecule has 2 aliphatic heterocycles. The Bertz CT molecular complexity index is 859. The van der Waals surface area contributed by atoms with E-state index in [1.807, 2.05) is 30.5 Å². The van der Waals surface area contributed by atoms with E-state index in [1.165, 1.54) is 0 Å². The molecule has 2 saturated heterocycles. The molecule has 31 heavy (non-hydrogen) atoms. The Labute approximate surface area is 184 Å². The highest BCUT2D eigenvalue weighted by Crippen LogP contribution is 2.30. The first-order valence-electron chi connectivity index (χ1n) is 11.0. The van der Waals surface area contributed by atoms with E-state index in [0.717, 1.165) is 74.9 Å². The summed E-state index contributed by atoms with van der Waals surface area (Å²) in [4.78, 5) is 28.6. The van der Waals surface area contributed by atoms with Crippen LogP contribution in [-0.4, -0.2) is 74.2 Å². The molecule has 1 aromatic heterocycles. The maximum atomic E-state index is 12.7. The fraction of sp³-hybridized carbons (Fsp3) is 0.522. The van der Waals surface area contributed by atoms with Crippen LogP contribution in [0.25, 0.3) is 0 Å². The molecule has 0 radical (unpaired) electrons. The Morgan fingerprint density at radius 2 is 1.77 bits per heavy atom. The van der Waals surface area contributed by atoms with Gasteiger partial charge in [-0.15, -0.1) is 0 Å². The minimum atomic E-state index is 0.0474. The molecule has 0 unspecified atom stereocenters. The van der Waals surface area contributed by atoms with Gasteiger partial charge in [0.05, 0.1) is 19.0 Å². The van der Waals surface area contributed by atoms with Gasteiger partial charge in [0, 0.05) is 51.7 Å². The van der Waals surface area contributed by atoms with Gasteiger partial charge in [0.15, 0.2) is 5.82 Å². The summed E-state index contributed by atoms with van der Waals surface area (Å²) in [6, 6.07) is 7.80. The van der Waals surface area contributed by atoms with Crippen molar-refractivity contribution in [3.63, 3.8) is 0 Å². The standard InChI is InChI=1S/C23H32N6O2/c1-27-11-13-29(14-12-27)22-21(16-24-17-26-22)28-9-7-19(8-10-28)23(30)25-15-18-3-5-20(31-2)6-4-18/h3-6,16-17,19H,7-15H2,1-2H3,(H,25,30). The third-order valence-corrected chi connectivity index (χ3v) is 6.31. The van der Waals surface area contributed by atoms with Crippen LogP contribution in [0.4, 0.5) is 11.5 Å². The Morgan fingerprint density at radius 3 is 2.45 bits per heavy atom. The van der Waals surface area contributed by atoms with E-state index in [9.17, 15) is 4.79 Å². The van der Waals surface area contributed by atoms with Crippen LogP contribution < -0.4 is 19.9 Å². The lowest BCUT2D eigenvalue weighted by atomic mass is 9.95. The molecule has 0 atom stereocenters. The van der Waals surface area contributed by atoms with E-state index < -0.39 is 0 Å². The van der Waals surface area contributed by atoms with Crippen LogP contribution in [0.1, 0.15) is 18.4 Å². The molecule has 2 aliphatic rings. The van der Waals surface area contributed by atoms with E-state index >= 15 is 0 Å². The van der Waals surface area contributed by atoms with Gasteiger partial charge >= 0.3 is 0 Å². The number of likely N-dealkylation sites (N-methyl/N-ethyl adjacent to an activating group) is 1. The van der Waals surface area contributed by atoms with E-state index in [4.69, 9.17) is 4.74 Å². The number of piperazine rings is 1. The Hall–Kier alpha value is -2.87. The highest BCUT2D eigenvalue weighted by atomic mass is 16.5. The fourth-order valence-corrected chi connectivity index (χ4v) is 4.26. The molecule has 2 aromatic rings. The van der Waals surface area contributed by atoms with Gasteiger partial charge in [0.1, 0.15) is 12.1 Å². The molecule has 1 aromatic carbocycles. The predicted molar refractivity (Wildman–Crippen MR) is 122 cm³/mol. The fourth-order valence-electron chi connectivity index (χ4n) is 4.26. The number of nitrogens with zero attached hydrogens (tertiary/aromatic N) is 5. The number of carbonyl (C=O) groups is 1. The molecule has 4 rings (SSSR count). The van der Waals surface area contributed by atoms with Crippen molar-refractivity contribution < 1.29 is 9.53 Å². The number of ether oxygens (including phenoxy) is 1. The zero-order chi connectivity index (χ0) is 21.6. The van der Waals surface area contributed by atoms with Crippen LogP contribution in [0, 0.1) is 5.92 Å². The van der Waals surface area contributed by atoms with Gasteiger partial charge in [0.25, 0.3) is 0 Å². The number of piperidine rings is 1. The highest BCUT2D eigenvalue weighted by molar-refractivity contribution is 5.79. The van der Waals surface area contributed by atoms with Crippen LogP contribution in [0.2, 0.25) is 0 Å². The van der Waals surface area contributed by atoms with E-state index in [0.29, 0.717) is 6.54 Å². The molecule has 0 aliphatic carbocycles. The lowest BCUT2D eigenvalue weighted by Crippen LogP contribution is -2.46. The molecule has 8 nitrogen and oxygen atoms in total. The summed E-state index contributed by atoms with van der Waals surface area (Å²) in [6.07, 6.45) is 5.23. The molecule has 2 fully saturated rings. The smallest absolute Gasteiger partial charge is 0.223 e. The summed E-state index contributed by atoms with van der Waals surface area (Å²) < 4.78 is 5.18. The number of hydrogen-bond donors (Lipinski definition) is 1. The van der Waals surface area contributed by atoms with E-state index in [-0.39, 0.29) is 11.8 Å². The lowest BCUT2D eigenvalue weighted by Gasteiger charge is -2.38. The Kier molecular flexibility index (Phi) is 6.86. The minimum absolute atomic E-state index is 0.0474. The summed E-state index contributed by atoms with van der Waals surface area (Å²) in [6.45, 7) is 6.27. The van der Waals surface area contributed by atoms with E-state index in [1.54, 1.807) is 13.4 Å². The Morgan fingerprint density at radius 1 is 1.06 bits per heavy atom. The van der Waals surface area contributed by atoms with Gasteiger partial charge < -0.3 is 24.8 Å². The largest absolute Gasteiger partial charge is 0.497 e. The number of hydrogen-bond acceptors (Lipinski definition) is 7. The van der Waals surface area contributed by atoms with Crippen LogP contribution in [0.3, 0.4) is 0 Å². The SMILES string of the molecule is COc1ccc(CNC(=O)C2CCN(c3cncnc3N3CCN(C)CC3)CC2)cc1. The summed E-state index contributed by atoms with van der Waals surface area (Å²) in [5.74, 6) is 2.03. The maximum absolute atomic E-state index is 12.7. The molecular formula is C23H32N6O2. The molecule has 166 valence electrons. The maximum Gasteiger partial charge on any atom is 0.223 e. The van der Waals surface area contributed by atoms with Gasteiger partial charge in [0.2, 0.25) is 5.91 Å². The molecular weight excluding hydrogens is 392 g/mol. The van der Waals surface area contributed by atoms with Crippen LogP contribution >= 0.6 is 0 Å². The molecule has 0 spiro atoms. The van der Waals surface area contributed by atoms with Crippen molar-refractivity contribution >= 4 is 17.4 Å². The van der Waals surface area contributed by atoms with E-state index in [2.05, 4.69) is 37.0 Å². The number of anilines is 2. The summed E-state index contributed by atoms with van der Waals surface area (Å²) in [5.41, 5.74) is 2.16. The highest BCUT2D eigenvalue weighted by Gasteiger charge is 2.28. The number of benzene rings is 1. The van der Waals surface area contributed by atoms with Gasteiger partial charge in [-0.25, -0.2) is 9.97 Å². The normalized spacial score (nSPS) is 18.1. The van der Waals surface area contributed by atoms with Crippen molar-refractivity contribution in [1.82, 2.24) is 20.2 Å². The van der Waals surface area contributed by atoms with Crippen molar-refractivity contribution in [2.24, 2.45) is 5.92 Å². The summed E-state index contributed by atoms with van der Waals surface area (Å²) in [5, 5.41) is 3.09. The third kappa shape index (κ3) is 5.25. The average Bonchev–Trinajstić information content (AvgIpc) is 2.83. The van der Waals surface area contributed by atoms with Crippen LogP contribution in [0.15, 0.2) is 36.8 Å². The zero-order valence-corrected chi connectivity index (χ0v) is 18.5. The quantitative estimate of drug-likeness (QED) is 0.758. The number of amides is 1. The first-order valence-corrected chi connectivity index (χ1v) is 11.0. The first kappa shape index (κ1) is 21.4. The lowest BCUT2D eigenvalue weighted by molar-refractivity contribution is -0.125. The minimum Gasteiger partial charge on any atom is -0.497 e. The second kappa shape index (κ2) is 9.96. The predicted octanol–water partition coefficient (Wildman–Crippen LogP) is 1.77. The second-order valence-corrected chi connectivity index (χ2v) is 8.35. The van der Waals surface area contributed by atoms with Gasteiger partial charge in [-0.3, -0.25) is 4.79 Å². The summed E-state index contributed by atoms with van der Waals surface area (Å²) in [7, 11) is 3.81. The molecule has 0 saturated carbocycles. The first-order chi connectivity index (χ1) is 15.1.